The molecule has 0 bridgehead atoms. The molecule has 1 heterocycles. The van der Waals surface area contributed by atoms with E-state index in [-0.39, 0.29) is 18.2 Å². The number of hydrogen-bond acceptors (Lipinski definition) is 2. The molecule has 0 saturated carbocycles. The van der Waals surface area contributed by atoms with Crippen molar-refractivity contribution in [3.63, 3.8) is 0 Å². The van der Waals surface area contributed by atoms with Gasteiger partial charge in [0.15, 0.2) is 5.78 Å². The van der Waals surface area contributed by atoms with Crippen molar-refractivity contribution in [1.82, 2.24) is 4.90 Å². The molecule has 19 heavy (non-hydrogen) atoms. The van der Waals surface area contributed by atoms with Crippen LogP contribution >= 0.6 is 12.4 Å². The summed E-state index contributed by atoms with van der Waals surface area (Å²) in [4.78, 5) is 14.5. The molecule has 106 valence electrons. The number of carbonyl (C=O) groups excluding carboxylic acids is 1. The third-order valence-electron chi connectivity index (χ3n) is 3.67. The zero-order chi connectivity index (χ0) is 12.6. The summed E-state index contributed by atoms with van der Waals surface area (Å²) in [6.45, 7) is 3.53. The third kappa shape index (κ3) is 5.75. The Morgan fingerprint density at radius 1 is 1.00 bits per heavy atom. The van der Waals surface area contributed by atoms with E-state index in [1.165, 1.54) is 38.8 Å². The normalized spacial score (nSPS) is 16.4. The maximum atomic E-state index is 11.9. The number of likely N-dealkylation sites (tertiary alicyclic amines) is 1. The van der Waals surface area contributed by atoms with Crippen molar-refractivity contribution in [1.29, 1.82) is 0 Å². The van der Waals surface area contributed by atoms with E-state index in [0.717, 1.165) is 18.5 Å². The molecule has 0 spiro atoms. The van der Waals surface area contributed by atoms with E-state index in [1.54, 1.807) is 0 Å². The molecular weight excluding hydrogens is 258 g/mol. The number of rotatable bonds is 5. The van der Waals surface area contributed by atoms with E-state index in [2.05, 4.69) is 4.90 Å². The van der Waals surface area contributed by atoms with Gasteiger partial charge in [-0.15, -0.1) is 12.4 Å². The van der Waals surface area contributed by atoms with E-state index in [4.69, 9.17) is 0 Å². The van der Waals surface area contributed by atoms with Crippen LogP contribution < -0.4 is 0 Å². The molecule has 1 fully saturated rings. The van der Waals surface area contributed by atoms with E-state index in [9.17, 15) is 4.79 Å². The molecule has 0 aliphatic carbocycles. The second kappa shape index (κ2) is 9.11. The minimum Gasteiger partial charge on any atom is -0.303 e. The van der Waals surface area contributed by atoms with Gasteiger partial charge in [0.1, 0.15) is 0 Å². The standard InChI is InChI=1S/C16H23NO.ClH/c18-16(15-9-4-3-5-10-15)11-8-14-17-12-6-1-2-7-13-17;/h3-5,9-10H,1-2,6-8,11-14H2;1H. The van der Waals surface area contributed by atoms with Gasteiger partial charge in [-0.1, -0.05) is 43.2 Å². The van der Waals surface area contributed by atoms with Crippen molar-refractivity contribution in [3.8, 4) is 0 Å². The highest BCUT2D eigenvalue weighted by molar-refractivity contribution is 5.95. The fraction of sp³-hybridized carbons (Fsp3) is 0.562. The van der Waals surface area contributed by atoms with Gasteiger partial charge in [0, 0.05) is 12.0 Å². The summed E-state index contributed by atoms with van der Waals surface area (Å²) in [6.07, 6.45) is 7.08. The van der Waals surface area contributed by atoms with Gasteiger partial charge in [-0.3, -0.25) is 4.79 Å². The van der Waals surface area contributed by atoms with Crippen molar-refractivity contribution >= 4 is 18.2 Å². The van der Waals surface area contributed by atoms with Gasteiger partial charge in [-0.2, -0.15) is 0 Å². The molecular formula is C16H24ClNO. The summed E-state index contributed by atoms with van der Waals surface area (Å²) in [6, 6.07) is 9.64. The highest BCUT2D eigenvalue weighted by Crippen LogP contribution is 2.11. The predicted molar refractivity (Wildman–Crippen MR) is 82.2 cm³/mol. The first kappa shape index (κ1) is 16.2. The van der Waals surface area contributed by atoms with Gasteiger partial charge >= 0.3 is 0 Å². The summed E-state index contributed by atoms with van der Waals surface area (Å²) in [5.41, 5.74) is 0.855. The lowest BCUT2D eigenvalue weighted by Gasteiger charge is -2.19. The summed E-state index contributed by atoms with van der Waals surface area (Å²) in [5, 5.41) is 0. The van der Waals surface area contributed by atoms with E-state index < -0.39 is 0 Å². The number of ketones is 1. The molecule has 0 unspecified atom stereocenters. The van der Waals surface area contributed by atoms with Crippen LogP contribution in [0, 0.1) is 0 Å². The topological polar surface area (TPSA) is 20.3 Å². The minimum absolute atomic E-state index is 0. The van der Waals surface area contributed by atoms with Crippen LogP contribution in [0.25, 0.3) is 0 Å². The molecule has 2 nitrogen and oxygen atoms in total. The molecule has 2 rings (SSSR count). The van der Waals surface area contributed by atoms with Gasteiger partial charge in [0.25, 0.3) is 0 Å². The van der Waals surface area contributed by atoms with Crippen molar-refractivity contribution in [3.05, 3.63) is 35.9 Å². The Morgan fingerprint density at radius 3 is 2.26 bits per heavy atom. The maximum absolute atomic E-state index is 11.9. The third-order valence-corrected chi connectivity index (χ3v) is 3.67. The van der Waals surface area contributed by atoms with Crippen LogP contribution in [0.3, 0.4) is 0 Å². The van der Waals surface area contributed by atoms with Crippen LogP contribution in [0.1, 0.15) is 48.9 Å². The molecule has 1 saturated heterocycles. The van der Waals surface area contributed by atoms with Gasteiger partial charge in [0.05, 0.1) is 0 Å². The van der Waals surface area contributed by atoms with Gasteiger partial charge in [-0.05, 0) is 38.9 Å². The number of halogens is 1. The van der Waals surface area contributed by atoms with Crippen molar-refractivity contribution in [2.45, 2.75) is 38.5 Å². The maximum Gasteiger partial charge on any atom is 0.162 e. The SMILES string of the molecule is Cl.O=C(CCCN1CCCCCC1)c1ccccc1. The number of carbonyl (C=O) groups is 1. The molecule has 0 amide bonds. The second-order valence-electron chi connectivity index (χ2n) is 5.15. The van der Waals surface area contributed by atoms with Crippen molar-refractivity contribution < 1.29 is 4.79 Å². The molecule has 1 aromatic rings. The Balaban J connectivity index is 0.00000180. The number of hydrogen-bond donors (Lipinski definition) is 0. The quantitative estimate of drug-likeness (QED) is 0.762. The first-order chi connectivity index (χ1) is 8.86. The Bertz CT molecular complexity index is 358. The van der Waals surface area contributed by atoms with Gasteiger partial charge in [-0.25, -0.2) is 0 Å². The number of Topliss-reactive ketones (excluding diaryl/α,β-unsaturated/α-hetero) is 1. The van der Waals surface area contributed by atoms with Crippen LogP contribution in [0.2, 0.25) is 0 Å². The van der Waals surface area contributed by atoms with Crippen molar-refractivity contribution in [2.75, 3.05) is 19.6 Å². The summed E-state index contributed by atoms with van der Waals surface area (Å²) in [5.74, 6) is 0.283. The monoisotopic (exact) mass is 281 g/mol. The lowest BCUT2D eigenvalue weighted by molar-refractivity contribution is 0.0975. The zero-order valence-electron chi connectivity index (χ0n) is 11.5. The molecule has 0 atom stereocenters. The highest BCUT2D eigenvalue weighted by Gasteiger charge is 2.10. The molecule has 1 aromatic carbocycles. The average Bonchev–Trinajstić information content (AvgIpc) is 2.68. The largest absolute Gasteiger partial charge is 0.303 e. The lowest BCUT2D eigenvalue weighted by atomic mass is 10.1. The van der Waals surface area contributed by atoms with Gasteiger partial charge < -0.3 is 4.90 Å². The Labute approximate surface area is 122 Å². The van der Waals surface area contributed by atoms with Crippen LogP contribution in [-0.4, -0.2) is 30.3 Å². The van der Waals surface area contributed by atoms with Gasteiger partial charge in [0.2, 0.25) is 0 Å². The summed E-state index contributed by atoms with van der Waals surface area (Å²) in [7, 11) is 0. The highest BCUT2D eigenvalue weighted by atomic mass is 35.5. The van der Waals surface area contributed by atoms with E-state index in [1.807, 2.05) is 30.3 Å². The smallest absolute Gasteiger partial charge is 0.162 e. The van der Waals surface area contributed by atoms with E-state index >= 15 is 0 Å². The molecule has 0 radical (unpaired) electrons. The fourth-order valence-electron chi connectivity index (χ4n) is 2.59. The minimum atomic E-state index is 0. The Kier molecular flexibility index (Phi) is 7.76. The Hall–Kier alpha value is -0.860. The molecule has 3 heteroatoms. The van der Waals surface area contributed by atoms with Crippen LogP contribution in [0.5, 0.6) is 0 Å². The van der Waals surface area contributed by atoms with Crippen LogP contribution in [0.4, 0.5) is 0 Å². The first-order valence-electron chi connectivity index (χ1n) is 7.17. The fourth-order valence-corrected chi connectivity index (χ4v) is 2.59. The zero-order valence-corrected chi connectivity index (χ0v) is 12.3. The molecule has 1 aliphatic heterocycles. The predicted octanol–water partition coefficient (Wildman–Crippen LogP) is 3.95. The second-order valence-corrected chi connectivity index (χ2v) is 5.15. The average molecular weight is 282 g/mol. The van der Waals surface area contributed by atoms with E-state index in [0.29, 0.717) is 6.42 Å². The Morgan fingerprint density at radius 2 is 1.63 bits per heavy atom. The van der Waals surface area contributed by atoms with Crippen LogP contribution in [-0.2, 0) is 0 Å². The first-order valence-corrected chi connectivity index (χ1v) is 7.17. The van der Waals surface area contributed by atoms with Crippen molar-refractivity contribution in [2.24, 2.45) is 0 Å². The lowest BCUT2D eigenvalue weighted by Crippen LogP contribution is -2.26. The molecule has 0 N–H and O–H groups in total. The number of benzene rings is 1. The van der Waals surface area contributed by atoms with Crippen LogP contribution in [0.15, 0.2) is 30.3 Å². The summed E-state index contributed by atoms with van der Waals surface area (Å²) >= 11 is 0. The summed E-state index contributed by atoms with van der Waals surface area (Å²) < 4.78 is 0. The number of nitrogens with zero attached hydrogens (tertiary/aromatic N) is 1. The molecule has 1 aliphatic rings. The molecule has 0 aromatic heterocycles.